The van der Waals surface area contributed by atoms with Crippen LogP contribution in [0.1, 0.15) is 38.2 Å². The van der Waals surface area contributed by atoms with E-state index >= 15 is 0 Å². The molecule has 2 aromatic carbocycles. The van der Waals surface area contributed by atoms with Gasteiger partial charge in [0.05, 0.1) is 12.2 Å². The van der Waals surface area contributed by atoms with Crippen molar-refractivity contribution in [2.24, 2.45) is 7.05 Å². The molecule has 0 saturated heterocycles. The summed E-state index contributed by atoms with van der Waals surface area (Å²) >= 11 is 6.96. The molecule has 0 aliphatic heterocycles. The van der Waals surface area contributed by atoms with Gasteiger partial charge in [0.25, 0.3) is 11.5 Å². The molecular weight excluding hydrogens is 542 g/mol. The Morgan fingerprint density at radius 3 is 2.36 bits per heavy atom. The number of ether oxygens (including phenoxy) is 2. The Balaban J connectivity index is 1.64. The predicted octanol–water partition coefficient (Wildman–Crippen LogP) is 5.07. The van der Waals surface area contributed by atoms with Gasteiger partial charge in [-0.2, -0.15) is 5.26 Å². The highest BCUT2D eigenvalue weighted by Crippen LogP contribution is 2.34. The van der Waals surface area contributed by atoms with Crippen molar-refractivity contribution in [1.29, 1.82) is 5.26 Å². The van der Waals surface area contributed by atoms with Crippen LogP contribution in [0.5, 0.6) is 0 Å². The number of fused-ring (bicyclic) bond motifs is 1. The van der Waals surface area contributed by atoms with E-state index in [2.05, 4.69) is 5.32 Å². The highest BCUT2D eigenvalue weighted by atomic mass is 35.5. The van der Waals surface area contributed by atoms with E-state index in [9.17, 15) is 24.4 Å². The third kappa shape index (κ3) is 5.41. The highest BCUT2D eigenvalue weighted by Gasteiger charge is 2.25. The maximum atomic E-state index is 13.3. The minimum Gasteiger partial charge on any atom is -0.462 e. The molecule has 1 amide bonds. The Bertz CT molecular complexity index is 1720. The Hall–Kier alpha value is -4.46. The minimum absolute atomic E-state index is 0.0388. The summed E-state index contributed by atoms with van der Waals surface area (Å²) in [6.45, 7) is 2.70. The third-order valence-electron chi connectivity index (χ3n) is 5.94. The quantitative estimate of drug-likeness (QED) is 0.311. The molecule has 39 heavy (non-hydrogen) atoms. The van der Waals surface area contributed by atoms with Gasteiger partial charge in [-0.3, -0.25) is 9.59 Å². The van der Waals surface area contributed by atoms with Gasteiger partial charge in [-0.1, -0.05) is 41.9 Å². The summed E-state index contributed by atoms with van der Waals surface area (Å²) in [6, 6.07) is 15.6. The second-order valence-corrected chi connectivity index (χ2v) is 9.81. The van der Waals surface area contributed by atoms with Crippen molar-refractivity contribution in [3.05, 3.63) is 85.6 Å². The number of pyridine rings is 1. The normalized spacial score (nSPS) is 10.6. The Kier molecular flexibility index (Phi) is 8.14. The topological polar surface area (TPSA) is 127 Å². The fourth-order valence-corrected chi connectivity index (χ4v) is 5.30. The van der Waals surface area contributed by atoms with Gasteiger partial charge in [0.15, 0.2) is 6.61 Å². The molecule has 4 aromatic rings. The number of aromatic nitrogens is 1. The lowest BCUT2D eigenvalue weighted by Gasteiger charge is -2.16. The summed E-state index contributed by atoms with van der Waals surface area (Å²) in [7, 11) is 1.45. The molecule has 0 radical (unpaired) electrons. The molecule has 2 heterocycles. The first-order valence-electron chi connectivity index (χ1n) is 11.7. The van der Waals surface area contributed by atoms with Crippen molar-refractivity contribution in [3.63, 3.8) is 0 Å². The first-order chi connectivity index (χ1) is 18.7. The van der Waals surface area contributed by atoms with Crippen LogP contribution in [0.3, 0.4) is 0 Å². The molecule has 0 spiro atoms. The zero-order chi connectivity index (χ0) is 28.3. The first-order valence-corrected chi connectivity index (χ1v) is 12.9. The summed E-state index contributed by atoms with van der Waals surface area (Å²) in [4.78, 5) is 51.5. The molecule has 198 valence electrons. The van der Waals surface area contributed by atoms with Gasteiger partial charge in [-0.05, 0) is 48.6 Å². The molecular formula is C28H22ClN3O6S. The van der Waals surface area contributed by atoms with Crippen LogP contribution in [-0.4, -0.2) is 35.6 Å². The second-order valence-electron chi connectivity index (χ2n) is 8.36. The summed E-state index contributed by atoms with van der Waals surface area (Å²) in [5, 5.41) is 13.6. The summed E-state index contributed by atoms with van der Waals surface area (Å²) in [5.74, 6) is -2.22. The van der Waals surface area contributed by atoms with Crippen molar-refractivity contribution in [2.75, 3.05) is 18.5 Å². The van der Waals surface area contributed by atoms with E-state index in [4.69, 9.17) is 21.1 Å². The van der Waals surface area contributed by atoms with Crippen LogP contribution in [0.15, 0.2) is 53.3 Å². The molecule has 0 aliphatic rings. The highest BCUT2D eigenvalue weighted by molar-refractivity contribution is 7.18. The molecule has 0 fully saturated rings. The maximum absolute atomic E-state index is 13.3. The molecule has 0 aliphatic carbocycles. The average molecular weight is 564 g/mol. The predicted molar refractivity (Wildman–Crippen MR) is 148 cm³/mol. The fraction of sp³-hybridized carbons (Fsp3) is 0.179. The van der Waals surface area contributed by atoms with Crippen molar-refractivity contribution >= 4 is 56.6 Å². The number of halogens is 1. The van der Waals surface area contributed by atoms with E-state index in [0.717, 1.165) is 11.3 Å². The van der Waals surface area contributed by atoms with Crippen molar-refractivity contribution in [1.82, 2.24) is 4.57 Å². The molecule has 1 N–H and O–H groups in total. The number of benzene rings is 2. The summed E-state index contributed by atoms with van der Waals surface area (Å²) in [6.07, 6.45) is 0. The molecule has 9 nitrogen and oxygen atoms in total. The fourth-order valence-electron chi connectivity index (χ4n) is 4.10. The van der Waals surface area contributed by atoms with Crippen LogP contribution in [0.25, 0.3) is 21.9 Å². The van der Waals surface area contributed by atoms with Gasteiger partial charge in [-0.15, -0.1) is 11.3 Å². The van der Waals surface area contributed by atoms with Crippen LogP contribution in [-0.2, 0) is 21.3 Å². The second kappa shape index (κ2) is 11.5. The number of carbonyl (C=O) groups excluding carboxylic acids is 3. The van der Waals surface area contributed by atoms with Crippen molar-refractivity contribution < 1.29 is 23.9 Å². The molecule has 0 unspecified atom stereocenters. The smallest absolute Gasteiger partial charge is 0.356 e. The van der Waals surface area contributed by atoms with Crippen LogP contribution in [0.4, 0.5) is 5.00 Å². The Labute approximate surface area is 232 Å². The summed E-state index contributed by atoms with van der Waals surface area (Å²) < 4.78 is 11.5. The SMILES string of the molecule is CCOC(=O)c1sc(NC(=O)COC(=O)c2c(-c3ccc(Cl)cc3)c3ccccc3c(=O)n2C)c(C#N)c1C. The van der Waals surface area contributed by atoms with E-state index < -0.39 is 30.0 Å². The van der Waals surface area contributed by atoms with E-state index in [0.29, 0.717) is 32.5 Å². The number of rotatable bonds is 7. The standard InChI is InChI=1S/C28H22ClN3O6S/c1-4-37-28(36)24-15(2)20(13-30)25(39-24)31-21(33)14-38-27(35)23-22(16-9-11-17(29)12-10-16)18-7-5-6-8-19(18)26(34)32(23)3/h5-12H,4,14H2,1-3H3,(H,31,33). The third-order valence-corrected chi connectivity index (χ3v) is 7.38. The number of anilines is 1. The zero-order valence-corrected chi connectivity index (χ0v) is 22.7. The van der Waals surface area contributed by atoms with Gasteiger partial charge in [-0.25, -0.2) is 9.59 Å². The number of nitriles is 1. The number of thiophene rings is 1. The number of esters is 2. The Morgan fingerprint density at radius 2 is 1.72 bits per heavy atom. The number of nitrogens with zero attached hydrogens (tertiary/aromatic N) is 2. The zero-order valence-electron chi connectivity index (χ0n) is 21.2. The van der Waals surface area contributed by atoms with Gasteiger partial charge < -0.3 is 19.4 Å². The van der Waals surface area contributed by atoms with Gasteiger partial charge in [0.1, 0.15) is 21.6 Å². The van der Waals surface area contributed by atoms with Crippen LogP contribution in [0.2, 0.25) is 5.02 Å². The van der Waals surface area contributed by atoms with Gasteiger partial charge >= 0.3 is 11.9 Å². The molecule has 0 atom stereocenters. The molecule has 2 aromatic heterocycles. The number of carbonyl (C=O) groups is 3. The van der Waals surface area contributed by atoms with E-state index in [-0.39, 0.29) is 27.7 Å². The van der Waals surface area contributed by atoms with Crippen LogP contribution in [0, 0.1) is 18.3 Å². The molecule has 4 rings (SSSR count). The Morgan fingerprint density at radius 1 is 1.05 bits per heavy atom. The maximum Gasteiger partial charge on any atom is 0.356 e. The monoisotopic (exact) mass is 563 g/mol. The number of nitrogens with one attached hydrogen (secondary N) is 1. The van der Waals surface area contributed by atoms with Crippen LogP contribution < -0.4 is 10.9 Å². The number of hydrogen-bond acceptors (Lipinski definition) is 8. The van der Waals surface area contributed by atoms with E-state index in [1.807, 2.05) is 6.07 Å². The van der Waals surface area contributed by atoms with Crippen molar-refractivity contribution in [3.8, 4) is 17.2 Å². The number of amides is 1. The summed E-state index contributed by atoms with van der Waals surface area (Å²) in [5.41, 5.74) is 1.13. The molecule has 0 bridgehead atoms. The lowest BCUT2D eigenvalue weighted by molar-refractivity contribution is -0.119. The first kappa shape index (κ1) is 27.6. The lowest BCUT2D eigenvalue weighted by atomic mass is 9.97. The van der Waals surface area contributed by atoms with E-state index in [1.165, 1.54) is 11.6 Å². The lowest BCUT2D eigenvalue weighted by Crippen LogP contribution is -2.28. The van der Waals surface area contributed by atoms with Crippen molar-refractivity contribution in [2.45, 2.75) is 13.8 Å². The largest absolute Gasteiger partial charge is 0.462 e. The van der Waals surface area contributed by atoms with Gasteiger partial charge in [0.2, 0.25) is 0 Å². The number of hydrogen-bond donors (Lipinski definition) is 1. The molecule has 11 heteroatoms. The van der Waals surface area contributed by atoms with Gasteiger partial charge in [0, 0.05) is 23.0 Å². The minimum atomic E-state index is -0.893. The molecule has 0 saturated carbocycles. The van der Waals surface area contributed by atoms with Crippen LogP contribution >= 0.6 is 22.9 Å². The van der Waals surface area contributed by atoms with E-state index in [1.54, 1.807) is 62.4 Å². The average Bonchev–Trinajstić information content (AvgIpc) is 3.24.